The molecule has 0 saturated heterocycles. The summed E-state index contributed by atoms with van der Waals surface area (Å²) in [5, 5.41) is 3.16. The van der Waals surface area contributed by atoms with E-state index in [9.17, 15) is 4.79 Å². The maximum absolute atomic E-state index is 12.2. The Morgan fingerprint density at radius 3 is 2.40 bits per heavy atom. The van der Waals surface area contributed by atoms with Gasteiger partial charge in [-0.15, -0.1) is 0 Å². The summed E-state index contributed by atoms with van der Waals surface area (Å²) in [6.07, 6.45) is 5.41. The molecule has 1 amide bonds. The summed E-state index contributed by atoms with van der Waals surface area (Å²) in [7, 11) is 0. The van der Waals surface area contributed by atoms with E-state index in [1.807, 2.05) is 24.3 Å². The molecule has 110 valence electrons. The number of nitrogens with one attached hydrogen (secondary N) is 1. The van der Waals surface area contributed by atoms with Crippen LogP contribution in [0.2, 0.25) is 0 Å². The quantitative estimate of drug-likeness (QED) is 0.887. The first-order valence-corrected chi connectivity index (χ1v) is 7.60. The van der Waals surface area contributed by atoms with Gasteiger partial charge in [-0.05, 0) is 61.8 Å². The van der Waals surface area contributed by atoms with Crippen LogP contribution >= 0.6 is 0 Å². The second-order valence-corrected chi connectivity index (χ2v) is 6.65. The first-order chi connectivity index (χ1) is 9.50. The molecule has 3 nitrogen and oxygen atoms in total. The van der Waals surface area contributed by atoms with Crippen LogP contribution in [0.1, 0.15) is 55.5 Å². The second-order valence-electron chi connectivity index (χ2n) is 6.65. The molecule has 3 heteroatoms. The Kier molecular flexibility index (Phi) is 4.81. The van der Waals surface area contributed by atoms with Crippen molar-refractivity contribution in [1.82, 2.24) is 5.32 Å². The fourth-order valence-electron chi connectivity index (χ4n) is 2.80. The molecular formula is C17H26N2O. The van der Waals surface area contributed by atoms with Crippen LogP contribution in [-0.2, 0) is 6.42 Å². The number of hydrogen-bond donors (Lipinski definition) is 2. The third kappa shape index (κ3) is 4.07. The number of carbonyl (C=O) groups excluding carboxylic acids is 1. The molecule has 0 unspecified atom stereocenters. The predicted octanol–water partition coefficient (Wildman–Crippen LogP) is 2.89. The van der Waals surface area contributed by atoms with Crippen LogP contribution in [0.5, 0.6) is 0 Å². The van der Waals surface area contributed by atoms with Crippen LogP contribution < -0.4 is 11.1 Å². The molecule has 1 aliphatic carbocycles. The maximum atomic E-state index is 12.2. The normalized spacial score (nSPS) is 18.8. The van der Waals surface area contributed by atoms with Crippen molar-refractivity contribution in [2.45, 2.75) is 52.0 Å². The molecule has 0 heterocycles. The number of carbonyl (C=O) groups is 1. The lowest BCUT2D eigenvalue weighted by atomic mass is 9.75. The van der Waals surface area contributed by atoms with Crippen molar-refractivity contribution in [1.29, 1.82) is 0 Å². The molecule has 3 N–H and O–H groups in total. The van der Waals surface area contributed by atoms with Crippen molar-refractivity contribution in [2.75, 3.05) is 6.54 Å². The fourth-order valence-corrected chi connectivity index (χ4v) is 2.80. The summed E-state index contributed by atoms with van der Waals surface area (Å²) in [6.45, 7) is 5.26. The Morgan fingerprint density at radius 1 is 1.25 bits per heavy atom. The molecule has 0 aliphatic heterocycles. The summed E-state index contributed by atoms with van der Waals surface area (Å²) < 4.78 is 0. The van der Waals surface area contributed by atoms with Crippen molar-refractivity contribution in [3.63, 3.8) is 0 Å². The van der Waals surface area contributed by atoms with Gasteiger partial charge >= 0.3 is 0 Å². The molecule has 0 atom stereocenters. The lowest BCUT2D eigenvalue weighted by Gasteiger charge is -2.34. The van der Waals surface area contributed by atoms with E-state index in [0.29, 0.717) is 18.0 Å². The molecule has 1 aromatic carbocycles. The van der Waals surface area contributed by atoms with Crippen molar-refractivity contribution in [3.8, 4) is 0 Å². The standard InChI is InChI=1S/C17H26N2O/c1-17(2)10-7-15(8-11-17)19-16(20)14-5-3-13(4-6-14)9-12-18/h3-6,15H,7-12,18H2,1-2H3,(H,19,20). The van der Waals surface area contributed by atoms with Gasteiger partial charge in [0, 0.05) is 11.6 Å². The van der Waals surface area contributed by atoms with Crippen LogP contribution in [-0.4, -0.2) is 18.5 Å². The number of amides is 1. The van der Waals surface area contributed by atoms with Crippen molar-refractivity contribution in [3.05, 3.63) is 35.4 Å². The monoisotopic (exact) mass is 274 g/mol. The SMILES string of the molecule is CC1(C)CCC(NC(=O)c2ccc(CCN)cc2)CC1. The van der Waals surface area contributed by atoms with Gasteiger partial charge in [-0.1, -0.05) is 26.0 Å². The van der Waals surface area contributed by atoms with Crippen molar-refractivity contribution < 1.29 is 4.79 Å². The molecule has 1 aromatic rings. The Morgan fingerprint density at radius 2 is 1.85 bits per heavy atom. The average molecular weight is 274 g/mol. The zero-order valence-electron chi connectivity index (χ0n) is 12.6. The van der Waals surface area contributed by atoms with Crippen LogP contribution in [0, 0.1) is 5.41 Å². The Labute approximate surface area is 121 Å². The zero-order chi connectivity index (χ0) is 14.6. The van der Waals surface area contributed by atoms with Crippen molar-refractivity contribution in [2.24, 2.45) is 11.1 Å². The summed E-state index contributed by atoms with van der Waals surface area (Å²) in [5.74, 6) is 0.0500. The molecule has 0 aromatic heterocycles. The van der Waals surface area contributed by atoms with Gasteiger partial charge < -0.3 is 11.1 Å². The van der Waals surface area contributed by atoms with E-state index >= 15 is 0 Å². The zero-order valence-corrected chi connectivity index (χ0v) is 12.6. The van der Waals surface area contributed by atoms with Gasteiger partial charge in [0.05, 0.1) is 0 Å². The largest absolute Gasteiger partial charge is 0.349 e. The summed E-state index contributed by atoms with van der Waals surface area (Å²) in [5.41, 5.74) is 7.89. The molecule has 1 fully saturated rings. The summed E-state index contributed by atoms with van der Waals surface area (Å²) in [6, 6.07) is 8.11. The predicted molar refractivity (Wildman–Crippen MR) is 82.7 cm³/mol. The van der Waals surface area contributed by atoms with Gasteiger partial charge in [-0.25, -0.2) is 0 Å². The minimum atomic E-state index is 0.0500. The van der Waals surface area contributed by atoms with Gasteiger partial charge in [0.15, 0.2) is 0 Å². The third-order valence-corrected chi connectivity index (χ3v) is 4.32. The third-order valence-electron chi connectivity index (χ3n) is 4.32. The average Bonchev–Trinajstić information content (AvgIpc) is 2.42. The van der Waals surface area contributed by atoms with E-state index in [2.05, 4.69) is 19.2 Å². The van der Waals surface area contributed by atoms with E-state index in [1.54, 1.807) is 0 Å². The lowest BCUT2D eigenvalue weighted by Crippen LogP contribution is -2.39. The van der Waals surface area contributed by atoms with Gasteiger partial charge in [0.2, 0.25) is 0 Å². The molecule has 0 bridgehead atoms. The Balaban J connectivity index is 1.88. The highest BCUT2D eigenvalue weighted by atomic mass is 16.1. The van der Waals surface area contributed by atoms with Crippen LogP contribution in [0.4, 0.5) is 0 Å². The molecular weight excluding hydrogens is 248 g/mol. The molecule has 1 saturated carbocycles. The Bertz CT molecular complexity index is 441. The fraction of sp³-hybridized carbons (Fsp3) is 0.588. The summed E-state index contributed by atoms with van der Waals surface area (Å²) in [4.78, 5) is 12.2. The number of benzene rings is 1. The van der Waals surface area contributed by atoms with E-state index in [-0.39, 0.29) is 5.91 Å². The molecule has 20 heavy (non-hydrogen) atoms. The van der Waals surface area contributed by atoms with Crippen molar-refractivity contribution >= 4 is 5.91 Å². The van der Waals surface area contributed by atoms with Gasteiger partial charge in [-0.3, -0.25) is 4.79 Å². The highest BCUT2D eigenvalue weighted by molar-refractivity contribution is 5.94. The minimum absolute atomic E-state index is 0.0500. The maximum Gasteiger partial charge on any atom is 0.251 e. The van der Waals surface area contributed by atoms with Crippen LogP contribution in [0.15, 0.2) is 24.3 Å². The smallest absolute Gasteiger partial charge is 0.251 e. The molecule has 1 aliphatic rings. The first kappa shape index (κ1) is 15.0. The number of nitrogens with two attached hydrogens (primary N) is 1. The minimum Gasteiger partial charge on any atom is -0.349 e. The van der Waals surface area contributed by atoms with E-state index in [1.165, 1.54) is 18.4 Å². The van der Waals surface area contributed by atoms with Gasteiger partial charge in [0.1, 0.15) is 0 Å². The summed E-state index contributed by atoms with van der Waals surface area (Å²) >= 11 is 0. The number of hydrogen-bond acceptors (Lipinski definition) is 2. The van der Waals surface area contributed by atoms with E-state index in [0.717, 1.165) is 24.8 Å². The second kappa shape index (κ2) is 6.40. The highest BCUT2D eigenvalue weighted by Crippen LogP contribution is 2.35. The topological polar surface area (TPSA) is 55.1 Å². The van der Waals surface area contributed by atoms with Crippen LogP contribution in [0.25, 0.3) is 0 Å². The molecule has 0 spiro atoms. The number of rotatable bonds is 4. The van der Waals surface area contributed by atoms with E-state index in [4.69, 9.17) is 5.73 Å². The molecule has 0 radical (unpaired) electrons. The van der Waals surface area contributed by atoms with E-state index < -0.39 is 0 Å². The lowest BCUT2D eigenvalue weighted by molar-refractivity contribution is 0.0909. The van der Waals surface area contributed by atoms with Gasteiger partial charge in [-0.2, -0.15) is 0 Å². The highest BCUT2D eigenvalue weighted by Gasteiger charge is 2.27. The first-order valence-electron chi connectivity index (χ1n) is 7.60. The molecule has 2 rings (SSSR count). The van der Waals surface area contributed by atoms with Gasteiger partial charge in [0.25, 0.3) is 5.91 Å². The Hall–Kier alpha value is -1.35. The van der Waals surface area contributed by atoms with Crippen LogP contribution in [0.3, 0.4) is 0 Å².